The number of likely N-dealkylation sites (tertiary alicyclic amines) is 1. The fourth-order valence-corrected chi connectivity index (χ4v) is 2.61. The molecular weight excluding hydrogens is 301 g/mol. The average Bonchev–Trinajstić information content (AvgIpc) is 2.87. The van der Waals surface area contributed by atoms with E-state index in [0.717, 1.165) is 6.07 Å². The van der Waals surface area contributed by atoms with Crippen molar-refractivity contribution in [3.63, 3.8) is 0 Å². The number of methoxy groups -OCH3 is 1. The zero-order chi connectivity index (χ0) is 15.6. The number of nitrogens with zero attached hydrogens (tertiary/aromatic N) is 1. The van der Waals surface area contributed by atoms with Crippen molar-refractivity contribution in [2.24, 2.45) is 5.41 Å². The number of rotatable bonds is 4. The minimum atomic E-state index is -1.10. The Morgan fingerprint density at radius 1 is 1.52 bits per heavy atom. The number of carbonyl (C=O) groups is 2. The Hall–Kier alpha value is -1.66. The molecule has 21 heavy (non-hydrogen) atoms. The summed E-state index contributed by atoms with van der Waals surface area (Å²) < 4.78 is 18.4. The van der Waals surface area contributed by atoms with E-state index >= 15 is 0 Å². The monoisotopic (exact) mass is 315 g/mol. The molecule has 1 atom stereocenters. The third-order valence-corrected chi connectivity index (χ3v) is 3.99. The Balaban J connectivity index is 2.18. The summed E-state index contributed by atoms with van der Waals surface area (Å²) in [6.45, 7) is 0.360. The van der Waals surface area contributed by atoms with Crippen molar-refractivity contribution in [1.29, 1.82) is 0 Å². The first-order chi connectivity index (χ1) is 9.89. The number of ether oxygens (including phenoxy) is 1. The molecular formula is C14H15ClFNO4. The highest BCUT2D eigenvalue weighted by atomic mass is 35.5. The highest BCUT2D eigenvalue weighted by molar-refractivity contribution is 6.30. The van der Waals surface area contributed by atoms with Gasteiger partial charge in [-0.2, -0.15) is 0 Å². The molecule has 1 saturated heterocycles. The normalized spacial score (nSPS) is 21.6. The maximum atomic E-state index is 13.4. The van der Waals surface area contributed by atoms with E-state index in [1.807, 2.05) is 0 Å². The van der Waals surface area contributed by atoms with Gasteiger partial charge in [-0.1, -0.05) is 11.6 Å². The molecule has 0 bridgehead atoms. The van der Waals surface area contributed by atoms with Gasteiger partial charge in [0, 0.05) is 25.8 Å². The molecule has 0 aromatic heterocycles. The molecule has 0 radical (unpaired) electrons. The fraction of sp³-hybridized carbons (Fsp3) is 0.429. The number of benzene rings is 1. The van der Waals surface area contributed by atoms with Crippen molar-refractivity contribution in [1.82, 2.24) is 4.90 Å². The number of carboxylic acids is 1. The van der Waals surface area contributed by atoms with Gasteiger partial charge >= 0.3 is 5.97 Å². The van der Waals surface area contributed by atoms with E-state index in [1.165, 1.54) is 24.1 Å². The summed E-state index contributed by atoms with van der Waals surface area (Å²) in [5.74, 6) is -2.09. The summed E-state index contributed by atoms with van der Waals surface area (Å²) >= 11 is 5.58. The number of carbonyl (C=O) groups excluding carboxylic acids is 1. The molecule has 1 aliphatic rings. The molecule has 1 aromatic rings. The SMILES string of the molecule is COCC1(C(=O)O)CCN(C(=O)c2ccc(Cl)c(F)c2)C1. The van der Waals surface area contributed by atoms with E-state index in [0.29, 0.717) is 13.0 Å². The Kier molecular flexibility index (Phi) is 4.49. The number of halogens is 2. The van der Waals surface area contributed by atoms with Gasteiger partial charge in [0.05, 0.1) is 11.6 Å². The maximum Gasteiger partial charge on any atom is 0.313 e. The van der Waals surface area contributed by atoms with Crippen LogP contribution in [0.15, 0.2) is 18.2 Å². The van der Waals surface area contributed by atoms with Gasteiger partial charge < -0.3 is 14.7 Å². The van der Waals surface area contributed by atoms with Crippen LogP contribution in [-0.2, 0) is 9.53 Å². The molecule has 114 valence electrons. The molecule has 1 amide bonds. The van der Waals surface area contributed by atoms with E-state index in [-0.39, 0.29) is 23.7 Å². The van der Waals surface area contributed by atoms with Gasteiger partial charge in [0.15, 0.2) is 0 Å². The number of aliphatic carboxylic acids is 1. The molecule has 1 aliphatic heterocycles. The zero-order valence-electron chi connectivity index (χ0n) is 11.4. The molecule has 0 spiro atoms. The first-order valence-corrected chi connectivity index (χ1v) is 6.74. The van der Waals surface area contributed by atoms with Crippen LogP contribution in [0.1, 0.15) is 16.8 Å². The number of amides is 1. The summed E-state index contributed by atoms with van der Waals surface area (Å²) in [6.07, 6.45) is 0.304. The van der Waals surface area contributed by atoms with Crippen molar-refractivity contribution in [2.45, 2.75) is 6.42 Å². The van der Waals surface area contributed by atoms with E-state index < -0.39 is 23.1 Å². The van der Waals surface area contributed by atoms with Crippen molar-refractivity contribution in [3.05, 3.63) is 34.6 Å². The van der Waals surface area contributed by atoms with E-state index in [4.69, 9.17) is 16.3 Å². The van der Waals surface area contributed by atoms with Crippen LogP contribution < -0.4 is 0 Å². The van der Waals surface area contributed by atoms with Crippen LogP contribution in [-0.4, -0.2) is 48.7 Å². The Morgan fingerprint density at radius 3 is 2.81 bits per heavy atom. The lowest BCUT2D eigenvalue weighted by Crippen LogP contribution is -2.40. The lowest BCUT2D eigenvalue weighted by Gasteiger charge is -2.23. The molecule has 0 saturated carbocycles. The number of hydrogen-bond acceptors (Lipinski definition) is 3. The molecule has 7 heteroatoms. The van der Waals surface area contributed by atoms with Crippen LogP contribution in [0.3, 0.4) is 0 Å². The molecule has 5 nitrogen and oxygen atoms in total. The second kappa shape index (κ2) is 5.99. The third-order valence-electron chi connectivity index (χ3n) is 3.68. The lowest BCUT2D eigenvalue weighted by atomic mass is 9.88. The molecule has 1 unspecified atom stereocenters. The summed E-state index contributed by atoms with van der Waals surface area (Å²) in [6, 6.07) is 3.78. The molecule has 1 fully saturated rings. The summed E-state index contributed by atoms with van der Waals surface area (Å²) in [4.78, 5) is 25.1. The van der Waals surface area contributed by atoms with Crippen LogP contribution >= 0.6 is 11.6 Å². The fourth-order valence-electron chi connectivity index (χ4n) is 2.49. The zero-order valence-corrected chi connectivity index (χ0v) is 12.2. The molecule has 0 aliphatic carbocycles. The van der Waals surface area contributed by atoms with Crippen molar-refractivity contribution in [3.8, 4) is 0 Å². The van der Waals surface area contributed by atoms with Crippen LogP contribution in [0.4, 0.5) is 4.39 Å². The van der Waals surface area contributed by atoms with Crippen molar-refractivity contribution < 1.29 is 23.8 Å². The summed E-state index contributed by atoms with van der Waals surface area (Å²) in [7, 11) is 1.42. The average molecular weight is 316 g/mol. The van der Waals surface area contributed by atoms with Crippen molar-refractivity contribution >= 4 is 23.5 Å². The van der Waals surface area contributed by atoms with E-state index in [1.54, 1.807) is 0 Å². The van der Waals surface area contributed by atoms with E-state index in [9.17, 15) is 19.1 Å². The number of hydrogen-bond donors (Lipinski definition) is 1. The second-order valence-electron chi connectivity index (χ2n) is 5.12. The van der Waals surface area contributed by atoms with Gasteiger partial charge in [-0.25, -0.2) is 4.39 Å². The van der Waals surface area contributed by atoms with E-state index in [2.05, 4.69) is 0 Å². The lowest BCUT2D eigenvalue weighted by molar-refractivity contribution is -0.151. The smallest absolute Gasteiger partial charge is 0.313 e. The molecule has 1 heterocycles. The van der Waals surface area contributed by atoms with Gasteiger partial charge in [-0.15, -0.1) is 0 Å². The van der Waals surface area contributed by atoms with Crippen molar-refractivity contribution in [2.75, 3.05) is 26.8 Å². The highest BCUT2D eigenvalue weighted by Gasteiger charge is 2.46. The predicted molar refractivity (Wildman–Crippen MR) is 73.9 cm³/mol. The molecule has 2 rings (SSSR count). The highest BCUT2D eigenvalue weighted by Crippen LogP contribution is 2.32. The van der Waals surface area contributed by atoms with Gasteiger partial charge in [0.1, 0.15) is 11.2 Å². The van der Waals surface area contributed by atoms with Gasteiger partial charge in [0.2, 0.25) is 0 Å². The third kappa shape index (κ3) is 3.01. The molecule has 1 N–H and O–H groups in total. The minimum Gasteiger partial charge on any atom is -0.481 e. The van der Waals surface area contributed by atoms with Gasteiger partial charge in [-0.05, 0) is 24.6 Å². The summed E-state index contributed by atoms with van der Waals surface area (Å²) in [5, 5.41) is 9.29. The van der Waals surface area contributed by atoms with Crippen LogP contribution in [0.2, 0.25) is 5.02 Å². The van der Waals surface area contributed by atoms with Crippen LogP contribution in [0, 0.1) is 11.2 Å². The first kappa shape index (κ1) is 15.7. The minimum absolute atomic E-state index is 0.0289. The Labute approximate surface area is 126 Å². The molecule has 1 aromatic carbocycles. The quantitative estimate of drug-likeness (QED) is 0.923. The van der Waals surface area contributed by atoms with Crippen LogP contribution in [0.25, 0.3) is 0 Å². The largest absolute Gasteiger partial charge is 0.481 e. The Bertz CT molecular complexity index is 580. The Morgan fingerprint density at radius 2 is 2.24 bits per heavy atom. The second-order valence-corrected chi connectivity index (χ2v) is 5.53. The van der Waals surface area contributed by atoms with Gasteiger partial charge in [0.25, 0.3) is 5.91 Å². The van der Waals surface area contributed by atoms with Crippen LogP contribution in [0.5, 0.6) is 0 Å². The predicted octanol–water partition coefficient (Wildman–Crippen LogP) is 2.04. The number of carboxylic acid groups (broad SMARTS) is 1. The summed E-state index contributed by atoms with van der Waals surface area (Å²) in [5.41, 5.74) is -0.953. The standard InChI is InChI=1S/C14H15ClFNO4/c1-21-8-14(13(19)20)4-5-17(7-14)12(18)9-2-3-10(15)11(16)6-9/h2-3,6H,4-5,7-8H2,1H3,(H,19,20). The first-order valence-electron chi connectivity index (χ1n) is 6.36. The van der Waals surface area contributed by atoms with Gasteiger partial charge in [-0.3, -0.25) is 9.59 Å². The maximum absolute atomic E-state index is 13.4. The topological polar surface area (TPSA) is 66.8 Å².